The van der Waals surface area contributed by atoms with Crippen molar-refractivity contribution in [3.05, 3.63) is 72.3 Å². The third-order valence-electron chi connectivity index (χ3n) is 9.18. The first kappa shape index (κ1) is 30.9. The highest BCUT2D eigenvalue weighted by Gasteiger charge is 2.30. The van der Waals surface area contributed by atoms with Crippen molar-refractivity contribution in [3.8, 4) is 11.5 Å². The van der Waals surface area contributed by atoms with Gasteiger partial charge in [-0.15, -0.1) is 0 Å². The summed E-state index contributed by atoms with van der Waals surface area (Å²) in [4.78, 5) is 23.6. The Morgan fingerprint density at radius 1 is 0.780 bits per heavy atom. The van der Waals surface area contributed by atoms with Gasteiger partial charge in [0.05, 0.1) is 18.8 Å². The lowest BCUT2D eigenvalue weighted by atomic mass is 9.68. The van der Waals surface area contributed by atoms with Crippen LogP contribution >= 0.6 is 0 Å². The zero-order chi connectivity index (χ0) is 28.9. The van der Waals surface area contributed by atoms with Gasteiger partial charge in [-0.2, -0.15) is 0 Å². The van der Waals surface area contributed by atoms with Gasteiger partial charge in [-0.25, -0.2) is 9.59 Å². The van der Waals surface area contributed by atoms with E-state index in [-0.39, 0.29) is 6.61 Å². The SMILES string of the molecule is C=CC(=O)OCCCOc1ccc(C(=O)Oc2ccc(CCC3CCC(C4CCC(CCC)CC4)CC3)cc2)cc1. The highest BCUT2D eigenvalue weighted by atomic mass is 16.5. The number of carbonyl (C=O) groups is 2. The van der Waals surface area contributed by atoms with Gasteiger partial charge in [-0.3, -0.25) is 0 Å². The predicted octanol–water partition coefficient (Wildman–Crippen LogP) is 8.75. The standard InChI is InChI=1S/C36H48O5/c1-3-6-27-9-15-30(16-10-27)31-17-11-28(12-18-31)7-8-29-13-21-34(22-14-29)41-36(38)32-19-23-33(24-20-32)39-25-5-26-40-35(37)4-2/h4,13-14,19-24,27-28,30-31H,2-3,5-12,15-18,25-26H2,1H3. The normalized spacial score (nSPS) is 22.5. The van der Waals surface area contributed by atoms with Gasteiger partial charge in [0.1, 0.15) is 11.5 Å². The fourth-order valence-electron chi connectivity index (χ4n) is 6.73. The van der Waals surface area contributed by atoms with Crippen LogP contribution in [0.5, 0.6) is 11.5 Å². The molecule has 0 heterocycles. The van der Waals surface area contributed by atoms with Gasteiger partial charge < -0.3 is 14.2 Å². The second-order valence-electron chi connectivity index (χ2n) is 12.0. The molecule has 0 unspecified atom stereocenters. The molecule has 2 aromatic rings. The topological polar surface area (TPSA) is 61.8 Å². The molecule has 0 aliphatic heterocycles. The maximum absolute atomic E-state index is 12.6. The number of esters is 2. The van der Waals surface area contributed by atoms with Crippen LogP contribution in [-0.2, 0) is 16.0 Å². The van der Waals surface area contributed by atoms with Crippen LogP contribution in [0.15, 0.2) is 61.2 Å². The van der Waals surface area contributed by atoms with E-state index in [1.165, 1.54) is 76.2 Å². The minimum atomic E-state index is -0.440. The molecule has 0 saturated heterocycles. The van der Waals surface area contributed by atoms with E-state index in [1.807, 2.05) is 12.1 Å². The van der Waals surface area contributed by atoms with Crippen LogP contribution in [0.3, 0.4) is 0 Å². The van der Waals surface area contributed by atoms with E-state index in [9.17, 15) is 9.59 Å². The van der Waals surface area contributed by atoms with E-state index >= 15 is 0 Å². The van der Waals surface area contributed by atoms with E-state index in [0.717, 1.165) is 36.2 Å². The molecule has 2 aliphatic rings. The average Bonchev–Trinajstić information content (AvgIpc) is 3.01. The van der Waals surface area contributed by atoms with Crippen molar-refractivity contribution in [1.29, 1.82) is 0 Å². The molecule has 5 nitrogen and oxygen atoms in total. The molecule has 41 heavy (non-hydrogen) atoms. The maximum atomic E-state index is 12.6. The van der Waals surface area contributed by atoms with Crippen LogP contribution in [0.1, 0.15) is 99.9 Å². The van der Waals surface area contributed by atoms with Crippen molar-refractivity contribution >= 4 is 11.9 Å². The van der Waals surface area contributed by atoms with Gasteiger partial charge >= 0.3 is 11.9 Å². The summed E-state index contributed by atoms with van der Waals surface area (Å²) >= 11 is 0. The van der Waals surface area contributed by atoms with Gasteiger partial charge in [0.15, 0.2) is 0 Å². The molecular formula is C36H48O5. The van der Waals surface area contributed by atoms with Crippen LogP contribution < -0.4 is 9.47 Å². The number of ether oxygens (including phenoxy) is 3. The molecule has 0 spiro atoms. The maximum Gasteiger partial charge on any atom is 0.343 e. The fourth-order valence-corrected chi connectivity index (χ4v) is 6.73. The number of rotatable bonds is 14. The van der Waals surface area contributed by atoms with E-state index in [4.69, 9.17) is 14.2 Å². The average molecular weight is 561 g/mol. The molecule has 2 fully saturated rings. The lowest BCUT2D eigenvalue weighted by Crippen LogP contribution is -2.26. The highest BCUT2D eigenvalue weighted by molar-refractivity contribution is 5.91. The van der Waals surface area contributed by atoms with Crippen molar-refractivity contribution in [3.63, 3.8) is 0 Å². The number of aryl methyl sites for hydroxylation is 1. The molecule has 0 atom stereocenters. The van der Waals surface area contributed by atoms with Crippen molar-refractivity contribution in [2.24, 2.45) is 23.7 Å². The van der Waals surface area contributed by atoms with E-state index < -0.39 is 11.9 Å². The first-order valence-corrected chi connectivity index (χ1v) is 15.9. The quantitative estimate of drug-likeness (QED) is 0.100. The molecule has 4 rings (SSSR count). The zero-order valence-corrected chi connectivity index (χ0v) is 24.9. The predicted molar refractivity (Wildman–Crippen MR) is 163 cm³/mol. The van der Waals surface area contributed by atoms with E-state index in [0.29, 0.717) is 30.1 Å². The first-order chi connectivity index (χ1) is 20.0. The summed E-state index contributed by atoms with van der Waals surface area (Å²) in [7, 11) is 0. The molecule has 5 heteroatoms. The minimum Gasteiger partial charge on any atom is -0.493 e. The van der Waals surface area contributed by atoms with Crippen LogP contribution in [0.2, 0.25) is 0 Å². The number of carbonyl (C=O) groups excluding carboxylic acids is 2. The summed E-state index contributed by atoms with van der Waals surface area (Å²) < 4.78 is 16.1. The molecule has 2 saturated carbocycles. The van der Waals surface area contributed by atoms with Gasteiger partial charge in [-0.05, 0) is 104 Å². The number of hydrogen-bond donors (Lipinski definition) is 0. The summed E-state index contributed by atoms with van der Waals surface area (Å²) in [6.07, 6.45) is 18.4. The van der Waals surface area contributed by atoms with Crippen LogP contribution in [0, 0.1) is 23.7 Å². The number of benzene rings is 2. The lowest BCUT2D eigenvalue weighted by Gasteiger charge is -2.38. The van der Waals surface area contributed by atoms with Crippen molar-refractivity contribution in [2.75, 3.05) is 13.2 Å². The Morgan fingerprint density at radius 2 is 1.37 bits per heavy atom. The second kappa shape index (κ2) is 16.4. The summed E-state index contributed by atoms with van der Waals surface area (Å²) in [6.45, 7) is 6.36. The summed E-state index contributed by atoms with van der Waals surface area (Å²) in [5, 5.41) is 0. The second-order valence-corrected chi connectivity index (χ2v) is 12.0. The van der Waals surface area contributed by atoms with Gasteiger partial charge in [-0.1, -0.05) is 64.2 Å². The third-order valence-corrected chi connectivity index (χ3v) is 9.18. The number of hydrogen-bond acceptors (Lipinski definition) is 5. The van der Waals surface area contributed by atoms with Crippen LogP contribution in [0.25, 0.3) is 0 Å². The monoisotopic (exact) mass is 560 g/mol. The molecule has 0 radical (unpaired) electrons. The largest absolute Gasteiger partial charge is 0.493 e. The first-order valence-electron chi connectivity index (χ1n) is 15.9. The van der Waals surface area contributed by atoms with Gasteiger partial charge in [0.2, 0.25) is 0 Å². The van der Waals surface area contributed by atoms with Gasteiger partial charge in [0, 0.05) is 12.5 Å². The molecule has 222 valence electrons. The van der Waals surface area contributed by atoms with Crippen LogP contribution in [0.4, 0.5) is 0 Å². The van der Waals surface area contributed by atoms with Crippen LogP contribution in [-0.4, -0.2) is 25.2 Å². The molecule has 0 bridgehead atoms. The third kappa shape index (κ3) is 10.1. The molecule has 0 amide bonds. The molecule has 0 N–H and O–H groups in total. The summed E-state index contributed by atoms with van der Waals surface area (Å²) in [6, 6.07) is 14.8. The minimum absolute atomic E-state index is 0.273. The summed E-state index contributed by atoms with van der Waals surface area (Å²) in [5.74, 6) is 4.20. The molecule has 2 aliphatic carbocycles. The molecule has 0 aromatic heterocycles. The Hall–Kier alpha value is -3.08. The Bertz CT molecular complexity index is 1070. The smallest absolute Gasteiger partial charge is 0.343 e. The Kier molecular flexibility index (Phi) is 12.3. The van der Waals surface area contributed by atoms with E-state index in [2.05, 4.69) is 25.6 Å². The molecular weight excluding hydrogens is 512 g/mol. The Balaban J connectivity index is 1.12. The van der Waals surface area contributed by atoms with Gasteiger partial charge in [0.25, 0.3) is 0 Å². The zero-order valence-electron chi connectivity index (χ0n) is 24.9. The lowest BCUT2D eigenvalue weighted by molar-refractivity contribution is -0.137. The Labute approximate surface area is 246 Å². The van der Waals surface area contributed by atoms with Crippen molar-refractivity contribution in [2.45, 2.75) is 90.4 Å². The van der Waals surface area contributed by atoms with Crippen molar-refractivity contribution < 1.29 is 23.8 Å². The highest BCUT2D eigenvalue weighted by Crippen LogP contribution is 2.43. The summed E-state index contributed by atoms with van der Waals surface area (Å²) in [5.41, 5.74) is 1.77. The van der Waals surface area contributed by atoms with Crippen molar-refractivity contribution in [1.82, 2.24) is 0 Å². The Morgan fingerprint density at radius 3 is 1.95 bits per heavy atom. The van der Waals surface area contributed by atoms with E-state index in [1.54, 1.807) is 24.3 Å². The fraction of sp³-hybridized carbons (Fsp3) is 0.556. The molecule has 2 aromatic carbocycles.